The second-order valence-corrected chi connectivity index (χ2v) is 11.2. The van der Waals surface area contributed by atoms with E-state index >= 15 is 0 Å². The molecule has 185 valence electrons. The number of sulfonamides is 4. The second-order valence-electron chi connectivity index (χ2n) is 3.96. The van der Waals surface area contributed by atoms with Gasteiger partial charge in [0.1, 0.15) is 0 Å². The standard InChI is InChI=1S/2C2HF6NO4S2.Na/c2*3-1(4,5)14(10,11)9-15(12,13)2(6,7)8;/h2*9H;. The van der Waals surface area contributed by atoms with Crippen LogP contribution in [0.4, 0.5) is 52.7 Å². The zero-order valence-corrected chi connectivity index (χ0v) is 18.7. The van der Waals surface area contributed by atoms with Gasteiger partial charge in [-0.25, -0.2) is 33.7 Å². The minimum Gasteiger partial charge on any atom is -0.202 e. The van der Waals surface area contributed by atoms with E-state index in [1.54, 1.807) is 0 Å². The first kappa shape index (κ1) is 35.5. The van der Waals surface area contributed by atoms with Crippen LogP contribution >= 0.6 is 0 Å². The van der Waals surface area contributed by atoms with Gasteiger partial charge in [-0.3, -0.25) is 0 Å². The zero-order chi connectivity index (χ0) is 25.4. The molecule has 0 aliphatic carbocycles. The summed E-state index contributed by atoms with van der Waals surface area (Å²) in [5, 5.41) is 0. The average molecular weight is 585 g/mol. The topological polar surface area (TPSA) is 161 Å². The van der Waals surface area contributed by atoms with Gasteiger partial charge >= 0.3 is 62.1 Å². The Hall–Kier alpha value is -0.120. The molecule has 10 nitrogen and oxygen atoms in total. The number of rotatable bonds is 4. The summed E-state index contributed by atoms with van der Waals surface area (Å²) in [5.74, 6) is 0. The number of alkyl halides is 12. The maximum atomic E-state index is 11.5. The van der Waals surface area contributed by atoms with Crippen molar-refractivity contribution < 1.29 is 86.4 Å². The molecule has 0 fully saturated rings. The molecule has 0 unspecified atom stereocenters. The SMILES string of the molecule is O=S(=O)(NS(=O)(=O)C(F)(F)F)C(F)(F)F.O=S(=O)(NS(=O)(=O)C(F)(F)F)C(F)(F)F.[Na]. The minimum absolute atomic E-state index is 0. The predicted molar refractivity (Wildman–Crippen MR) is 71.9 cm³/mol. The Morgan fingerprint density at radius 3 is 0.516 bits per heavy atom. The van der Waals surface area contributed by atoms with E-state index < -0.39 is 70.4 Å². The number of nitrogens with one attached hydrogen (secondary N) is 2. The van der Waals surface area contributed by atoms with E-state index in [0.717, 1.165) is 0 Å². The Morgan fingerprint density at radius 1 is 0.355 bits per heavy atom. The summed E-state index contributed by atoms with van der Waals surface area (Å²) >= 11 is 0. The average Bonchev–Trinajstić information content (AvgIpc) is 2.30. The second kappa shape index (κ2) is 10.0. The van der Waals surface area contributed by atoms with Gasteiger partial charge in [-0.1, -0.05) is 8.25 Å². The number of halogens is 12. The summed E-state index contributed by atoms with van der Waals surface area (Å²) in [6, 6.07) is 0. The van der Waals surface area contributed by atoms with E-state index in [9.17, 15) is 86.4 Å². The van der Waals surface area contributed by atoms with Crippen LogP contribution in [0.25, 0.3) is 0 Å². The van der Waals surface area contributed by atoms with Crippen molar-refractivity contribution in [1.29, 1.82) is 0 Å². The normalized spacial score (nSPS) is 14.8. The molecule has 31 heavy (non-hydrogen) atoms. The third-order valence-corrected chi connectivity index (χ3v) is 7.61. The molecule has 0 saturated carbocycles. The minimum atomic E-state index is -6.60. The van der Waals surface area contributed by atoms with E-state index in [1.807, 2.05) is 0 Å². The first-order chi connectivity index (χ1) is 12.4. The molecule has 0 saturated heterocycles. The van der Waals surface area contributed by atoms with Gasteiger partial charge in [-0.2, -0.15) is 52.7 Å². The molecular formula is C4H2F12N2NaO8S4. The van der Waals surface area contributed by atoms with Crippen LogP contribution in [-0.2, 0) is 40.1 Å². The summed E-state index contributed by atoms with van der Waals surface area (Å²) in [4.78, 5) is 0. The van der Waals surface area contributed by atoms with E-state index in [2.05, 4.69) is 0 Å². The fourth-order valence-electron chi connectivity index (χ4n) is 0.478. The molecule has 0 rings (SSSR count). The third-order valence-electron chi connectivity index (χ3n) is 1.66. The molecule has 0 aliphatic heterocycles. The van der Waals surface area contributed by atoms with Crippen molar-refractivity contribution >= 4 is 69.7 Å². The molecule has 0 atom stereocenters. The van der Waals surface area contributed by atoms with Crippen LogP contribution in [0.15, 0.2) is 0 Å². The van der Waals surface area contributed by atoms with E-state index in [4.69, 9.17) is 0 Å². The maximum absolute atomic E-state index is 11.5. The number of hydrogen-bond acceptors (Lipinski definition) is 8. The third kappa shape index (κ3) is 10.1. The van der Waals surface area contributed by atoms with Crippen LogP contribution in [-0.4, -0.2) is 85.3 Å². The van der Waals surface area contributed by atoms with E-state index in [1.165, 1.54) is 0 Å². The van der Waals surface area contributed by atoms with Crippen LogP contribution in [0.1, 0.15) is 0 Å². The Kier molecular flexibility index (Phi) is 11.5. The molecule has 0 aromatic heterocycles. The molecular weight excluding hydrogens is 583 g/mol. The Balaban J connectivity index is -0.000000490. The van der Waals surface area contributed by atoms with Crippen molar-refractivity contribution in [3.8, 4) is 0 Å². The first-order valence-corrected chi connectivity index (χ1v) is 11.2. The van der Waals surface area contributed by atoms with Crippen LogP contribution in [0.5, 0.6) is 0 Å². The van der Waals surface area contributed by atoms with Crippen molar-refractivity contribution in [2.24, 2.45) is 0 Å². The molecule has 0 spiro atoms. The molecule has 0 amide bonds. The summed E-state index contributed by atoms with van der Waals surface area (Å²) in [6.45, 7) is 0. The van der Waals surface area contributed by atoms with Crippen LogP contribution in [0, 0.1) is 0 Å². The smallest absolute Gasteiger partial charge is 0.202 e. The van der Waals surface area contributed by atoms with Crippen LogP contribution < -0.4 is 8.25 Å². The van der Waals surface area contributed by atoms with Gasteiger partial charge in [0.05, 0.1) is 0 Å². The Labute approximate surface area is 185 Å². The largest absolute Gasteiger partial charge is 0.512 e. The van der Waals surface area contributed by atoms with Crippen LogP contribution in [0.2, 0.25) is 0 Å². The quantitative estimate of drug-likeness (QED) is 0.349. The zero-order valence-electron chi connectivity index (χ0n) is 13.4. The predicted octanol–water partition coefficient (Wildman–Crippen LogP) is 0.170. The van der Waals surface area contributed by atoms with Gasteiger partial charge in [0.2, 0.25) is 0 Å². The summed E-state index contributed by atoms with van der Waals surface area (Å²) in [6.07, 6.45) is 0. The van der Waals surface area contributed by atoms with Crippen molar-refractivity contribution in [3.63, 3.8) is 0 Å². The van der Waals surface area contributed by atoms with Gasteiger partial charge < -0.3 is 0 Å². The molecule has 0 aliphatic rings. The van der Waals surface area contributed by atoms with Gasteiger partial charge in [-0.05, 0) is 0 Å². The van der Waals surface area contributed by atoms with Gasteiger partial charge in [0.25, 0.3) is 0 Å². The van der Waals surface area contributed by atoms with Crippen molar-refractivity contribution in [2.75, 3.05) is 0 Å². The van der Waals surface area contributed by atoms with Crippen LogP contribution in [0.3, 0.4) is 0 Å². The van der Waals surface area contributed by atoms with Gasteiger partial charge in [0, 0.05) is 29.6 Å². The molecule has 2 N–H and O–H groups in total. The maximum Gasteiger partial charge on any atom is 0.512 e. The first-order valence-electron chi connectivity index (χ1n) is 5.23. The summed E-state index contributed by atoms with van der Waals surface area (Å²) in [5.41, 5.74) is -24.6. The fraction of sp³-hybridized carbons (Fsp3) is 1.00. The molecule has 27 heteroatoms. The fourth-order valence-corrected chi connectivity index (χ4v) is 4.30. The van der Waals surface area contributed by atoms with Crippen molar-refractivity contribution in [3.05, 3.63) is 0 Å². The molecule has 0 bridgehead atoms. The summed E-state index contributed by atoms with van der Waals surface area (Å²) < 4.78 is 217. The van der Waals surface area contributed by atoms with Crippen molar-refractivity contribution in [2.45, 2.75) is 22.0 Å². The van der Waals surface area contributed by atoms with Gasteiger partial charge in [0.15, 0.2) is 0 Å². The van der Waals surface area contributed by atoms with E-state index in [0.29, 0.717) is 0 Å². The van der Waals surface area contributed by atoms with E-state index in [-0.39, 0.29) is 29.6 Å². The summed E-state index contributed by atoms with van der Waals surface area (Å²) in [7, 11) is -26.4. The Morgan fingerprint density at radius 2 is 0.452 bits per heavy atom. The number of hydrogen-bond donors (Lipinski definition) is 2. The Bertz CT molecular complexity index is 862. The van der Waals surface area contributed by atoms with Crippen molar-refractivity contribution in [1.82, 2.24) is 8.25 Å². The molecule has 1 radical (unpaired) electrons. The molecule has 0 aromatic carbocycles. The molecule has 0 aromatic rings. The molecule has 0 heterocycles. The monoisotopic (exact) mass is 585 g/mol. The van der Waals surface area contributed by atoms with Gasteiger partial charge in [-0.15, -0.1) is 0 Å².